The van der Waals surface area contributed by atoms with Crippen molar-refractivity contribution < 1.29 is 4.79 Å². The van der Waals surface area contributed by atoms with Gasteiger partial charge in [-0.05, 0) is 55.7 Å². The summed E-state index contributed by atoms with van der Waals surface area (Å²) in [5.74, 6) is 0.550. The first-order chi connectivity index (χ1) is 12.1. The highest BCUT2D eigenvalue weighted by molar-refractivity contribution is 5.90. The van der Waals surface area contributed by atoms with Crippen molar-refractivity contribution in [1.82, 2.24) is 19.9 Å². The fourth-order valence-electron chi connectivity index (χ4n) is 3.32. The summed E-state index contributed by atoms with van der Waals surface area (Å²) in [6, 6.07) is 15.7. The van der Waals surface area contributed by atoms with Gasteiger partial charge < -0.3 is 10.2 Å². The molecule has 2 aromatic carbocycles. The molecule has 1 fully saturated rings. The molecular formula is C19H21N5O. The Balaban J connectivity index is 1.52. The van der Waals surface area contributed by atoms with E-state index < -0.39 is 0 Å². The first kappa shape index (κ1) is 15.6. The van der Waals surface area contributed by atoms with E-state index in [1.807, 2.05) is 53.4 Å². The lowest BCUT2D eigenvalue weighted by Crippen LogP contribution is -2.38. The number of benzene rings is 2. The number of fused-ring (bicyclic) bond motifs is 1. The summed E-state index contributed by atoms with van der Waals surface area (Å²) in [5, 5.41) is 11.4. The van der Waals surface area contributed by atoms with Crippen LogP contribution in [0.2, 0.25) is 0 Å². The predicted molar refractivity (Wildman–Crippen MR) is 97.8 cm³/mol. The summed E-state index contributed by atoms with van der Waals surface area (Å²) < 4.78 is 1.80. The molecule has 0 radical (unpaired) electrons. The summed E-state index contributed by atoms with van der Waals surface area (Å²) >= 11 is 0. The van der Waals surface area contributed by atoms with Gasteiger partial charge in [0.05, 0.1) is 11.2 Å². The Morgan fingerprint density at radius 3 is 2.60 bits per heavy atom. The summed E-state index contributed by atoms with van der Waals surface area (Å²) in [5.41, 5.74) is 3.51. The lowest BCUT2D eigenvalue weighted by Gasteiger charge is -2.23. The highest BCUT2D eigenvalue weighted by atomic mass is 16.2. The highest BCUT2D eigenvalue weighted by Gasteiger charge is 2.30. The van der Waals surface area contributed by atoms with Crippen molar-refractivity contribution >= 4 is 22.8 Å². The van der Waals surface area contributed by atoms with Gasteiger partial charge in [0, 0.05) is 18.3 Å². The second-order valence-corrected chi connectivity index (χ2v) is 6.67. The molecule has 3 aromatic rings. The molecule has 1 aromatic heterocycles. The summed E-state index contributed by atoms with van der Waals surface area (Å²) in [4.78, 5) is 14.4. The number of anilines is 1. The third-order valence-electron chi connectivity index (χ3n) is 5.12. The van der Waals surface area contributed by atoms with E-state index in [2.05, 4.69) is 29.5 Å². The zero-order chi connectivity index (χ0) is 17.4. The van der Waals surface area contributed by atoms with Gasteiger partial charge in [-0.1, -0.05) is 24.3 Å². The minimum absolute atomic E-state index is 0.0317. The molecule has 1 saturated heterocycles. The van der Waals surface area contributed by atoms with E-state index in [0.717, 1.165) is 35.4 Å². The van der Waals surface area contributed by atoms with E-state index in [0.29, 0.717) is 5.92 Å². The third kappa shape index (κ3) is 2.84. The molecule has 0 spiro atoms. The van der Waals surface area contributed by atoms with Crippen molar-refractivity contribution in [3.05, 3.63) is 48.5 Å². The number of carbonyl (C=O) groups excluding carboxylic acids is 1. The number of hydrogen-bond acceptors (Lipinski definition) is 3. The Morgan fingerprint density at radius 1 is 1.12 bits per heavy atom. The molecule has 4 rings (SSSR count). The zero-order valence-electron chi connectivity index (χ0n) is 14.4. The smallest absolute Gasteiger partial charge is 0.322 e. The molecule has 1 aliphatic heterocycles. The van der Waals surface area contributed by atoms with Gasteiger partial charge in [0.15, 0.2) is 0 Å². The molecule has 25 heavy (non-hydrogen) atoms. The number of amides is 2. The minimum Gasteiger partial charge on any atom is -0.322 e. The number of nitrogens with one attached hydrogen (secondary N) is 1. The van der Waals surface area contributed by atoms with E-state index in [-0.39, 0.29) is 12.1 Å². The zero-order valence-corrected chi connectivity index (χ0v) is 14.4. The van der Waals surface area contributed by atoms with Crippen LogP contribution in [-0.2, 0) is 0 Å². The molecule has 2 atom stereocenters. The van der Waals surface area contributed by atoms with Crippen molar-refractivity contribution in [3.8, 4) is 5.69 Å². The number of carbonyl (C=O) groups is 1. The van der Waals surface area contributed by atoms with Gasteiger partial charge in [0.1, 0.15) is 5.52 Å². The van der Waals surface area contributed by atoms with Gasteiger partial charge in [-0.3, -0.25) is 0 Å². The molecule has 6 nitrogen and oxygen atoms in total. The van der Waals surface area contributed by atoms with Gasteiger partial charge in [0.2, 0.25) is 0 Å². The molecule has 1 aliphatic rings. The first-order valence-corrected chi connectivity index (χ1v) is 8.62. The van der Waals surface area contributed by atoms with Gasteiger partial charge in [-0.15, -0.1) is 5.10 Å². The van der Waals surface area contributed by atoms with Crippen LogP contribution < -0.4 is 5.32 Å². The maximum Gasteiger partial charge on any atom is 0.322 e. The van der Waals surface area contributed by atoms with E-state index in [1.54, 1.807) is 4.68 Å². The van der Waals surface area contributed by atoms with Crippen LogP contribution in [0.4, 0.5) is 10.5 Å². The van der Waals surface area contributed by atoms with Crippen molar-refractivity contribution in [2.45, 2.75) is 26.3 Å². The Labute approximate surface area is 146 Å². The maximum atomic E-state index is 12.4. The summed E-state index contributed by atoms with van der Waals surface area (Å²) in [6.07, 6.45) is 1.06. The predicted octanol–water partition coefficient (Wildman–Crippen LogP) is 3.68. The number of hydrogen-bond donors (Lipinski definition) is 1. The molecule has 0 bridgehead atoms. The van der Waals surface area contributed by atoms with Gasteiger partial charge in [-0.2, -0.15) is 0 Å². The number of urea groups is 1. The van der Waals surface area contributed by atoms with Crippen molar-refractivity contribution in [1.29, 1.82) is 0 Å². The number of nitrogens with zero attached hydrogens (tertiary/aromatic N) is 4. The lowest BCUT2D eigenvalue weighted by atomic mass is 10.1. The Kier molecular flexibility index (Phi) is 3.87. The van der Waals surface area contributed by atoms with Crippen LogP contribution in [0, 0.1) is 5.92 Å². The van der Waals surface area contributed by atoms with Crippen LogP contribution in [0.15, 0.2) is 48.5 Å². The number of likely N-dealkylation sites (tertiary alicyclic amines) is 1. The highest BCUT2D eigenvalue weighted by Crippen LogP contribution is 2.24. The largest absolute Gasteiger partial charge is 0.322 e. The van der Waals surface area contributed by atoms with Crippen LogP contribution >= 0.6 is 0 Å². The molecule has 2 heterocycles. The standard InChI is InChI=1S/C19H21N5O/c1-13-11-12-23(14(13)2)19(25)20-15-7-9-16(10-8-15)24-18-6-4-3-5-17(18)21-22-24/h3-10,13-14H,11-12H2,1-2H3,(H,20,25). The lowest BCUT2D eigenvalue weighted by molar-refractivity contribution is 0.205. The topological polar surface area (TPSA) is 63.1 Å². The number of rotatable bonds is 2. The van der Waals surface area contributed by atoms with Gasteiger partial charge >= 0.3 is 6.03 Å². The molecule has 2 amide bonds. The maximum absolute atomic E-state index is 12.4. The van der Waals surface area contributed by atoms with Crippen molar-refractivity contribution in [3.63, 3.8) is 0 Å². The molecule has 6 heteroatoms. The number of aromatic nitrogens is 3. The fraction of sp³-hybridized carbons (Fsp3) is 0.316. The molecular weight excluding hydrogens is 314 g/mol. The van der Waals surface area contributed by atoms with Gasteiger partial charge in [0.25, 0.3) is 0 Å². The number of para-hydroxylation sites is 1. The Morgan fingerprint density at radius 2 is 1.88 bits per heavy atom. The molecule has 1 N–H and O–H groups in total. The van der Waals surface area contributed by atoms with Crippen LogP contribution in [0.25, 0.3) is 16.7 Å². The molecule has 0 saturated carbocycles. The Bertz CT molecular complexity index is 902. The van der Waals surface area contributed by atoms with Crippen LogP contribution in [-0.4, -0.2) is 38.5 Å². The molecule has 128 valence electrons. The normalized spacial score (nSPS) is 20.2. The van der Waals surface area contributed by atoms with Crippen LogP contribution in [0.5, 0.6) is 0 Å². The Hall–Kier alpha value is -2.89. The van der Waals surface area contributed by atoms with Crippen molar-refractivity contribution in [2.75, 3.05) is 11.9 Å². The second-order valence-electron chi connectivity index (χ2n) is 6.67. The average Bonchev–Trinajstić information content (AvgIpc) is 3.20. The van der Waals surface area contributed by atoms with E-state index in [9.17, 15) is 4.79 Å². The van der Waals surface area contributed by atoms with E-state index in [4.69, 9.17) is 0 Å². The molecule has 2 unspecified atom stereocenters. The van der Waals surface area contributed by atoms with Gasteiger partial charge in [-0.25, -0.2) is 9.48 Å². The van der Waals surface area contributed by atoms with Crippen molar-refractivity contribution in [2.24, 2.45) is 5.92 Å². The van der Waals surface area contributed by atoms with Crippen LogP contribution in [0.3, 0.4) is 0 Å². The monoisotopic (exact) mass is 335 g/mol. The minimum atomic E-state index is -0.0317. The summed E-state index contributed by atoms with van der Waals surface area (Å²) in [6.45, 7) is 5.11. The fourth-order valence-corrected chi connectivity index (χ4v) is 3.32. The first-order valence-electron chi connectivity index (χ1n) is 8.62. The van der Waals surface area contributed by atoms with E-state index in [1.165, 1.54) is 0 Å². The third-order valence-corrected chi connectivity index (χ3v) is 5.12. The quantitative estimate of drug-likeness (QED) is 0.777. The second kappa shape index (κ2) is 6.20. The molecule has 0 aliphatic carbocycles. The van der Waals surface area contributed by atoms with E-state index >= 15 is 0 Å². The SMILES string of the molecule is CC1CCN(C(=O)Nc2ccc(-n3nnc4ccccc43)cc2)C1C. The van der Waals surface area contributed by atoms with Crippen LogP contribution in [0.1, 0.15) is 20.3 Å². The summed E-state index contributed by atoms with van der Waals surface area (Å²) in [7, 11) is 0. The average molecular weight is 335 g/mol.